The molecule has 84 valence electrons. The maximum absolute atomic E-state index is 8.66. The number of benzene rings is 1. The van der Waals surface area contributed by atoms with Crippen molar-refractivity contribution in [2.24, 2.45) is 5.73 Å². The number of rotatable bonds is 6. The Kier molecular flexibility index (Phi) is 4.93. The van der Waals surface area contributed by atoms with Crippen LogP contribution in [0, 0.1) is 0 Å². The number of methoxy groups -OCH3 is 1. The fourth-order valence-corrected chi connectivity index (χ4v) is 1.29. The highest BCUT2D eigenvalue weighted by molar-refractivity contribution is 5.46. The van der Waals surface area contributed by atoms with Crippen LogP contribution in [-0.4, -0.2) is 25.4 Å². The number of aliphatic hydroxyl groups is 1. The molecular weight excluding hydrogens is 194 g/mol. The van der Waals surface area contributed by atoms with E-state index in [9.17, 15) is 0 Å². The van der Waals surface area contributed by atoms with Crippen molar-refractivity contribution in [3.8, 4) is 11.5 Å². The molecule has 0 heterocycles. The SMILES string of the molecule is COc1cccc(CN)c1OCCCO. The monoisotopic (exact) mass is 211 g/mol. The van der Waals surface area contributed by atoms with Crippen LogP contribution in [0.3, 0.4) is 0 Å². The van der Waals surface area contributed by atoms with Crippen molar-refractivity contribution in [3.63, 3.8) is 0 Å². The molecule has 4 heteroatoms. The second kappa shape index (κ2) is 6.27. The molecule has 0 aromatic heterocycles. The molecule has 0 aliphatic heterocycles. The first-order chi connectivity index (χ1) is 7.33. The number of ether oxygens (including phenoxy) is 2. The van der Waals surface area contributed by atoms with Crippen LogP contribution in [0.15, 0.2) is 18.2 Å². The predicted octanol–water partition coefficient (Wildman–Crippen LogP) is 0.915. The predicted molar refractivity (Wildman–Crippen MR) is 58.1 cm³/mol. The van der Waals surface area contributed by atoms with Gasteiger partial charge in [-0.1, -0.05) is 12.1 Å². The van der Waals surface area contributed by atoms with Crippen molar-refractivity contribution >= 4 is 0 Å². The first-order valence-corrected chi connectivity index (χ1v) is 4.93. The fourth-order valence-electron chi connectivity index (χ4n) is 1.29. The number of aliphatic hydroxyl groups excluding tert-OH is 1. The van der Waals surface area contributed by atoms with Gasteiger partial charge in [0.1, 0.15) is 0 Å². The highest BCUT2D eigenvalue weighted by Gasteiger charge is 2.08. The summed E-state index contributed by atoms with van der Waals surface area (Å²) in [6.07, 6.45) is 0.599. The third kappa shape index (κ3) is 3.11. The lowest BCUT2D eigenvalue weighted by Gasteiger charge is -2.13. The van der Waals surface area contributed by atoms with Gasteiger partial charge in [-0.05, 0) is 6.07 Å². The summed E-state index contributed by atoms with van der Waals surface area (Å²) >= 11 is 0. The second-order valence-electron chi connectivity index (χ2n) is 3.08. The zero-order chi connectivity index (χ0) is 11.1. The molecule has 0 saturated heterocycles. The van der Waals surface area contributed by atoms with Crippen LogP contribution in [0.2, 0.25) is 0 Å². The average Bonchev–Trinajstić information content (AvgIpc) is 2.29. The average molecular weight is 211 g/mol. The van der Waals surface area contributed by atoms with Crippen molar-refractivity contribution in [3.05, 3.63) is 23.8 Å². The standard InChI is InChI=1S/C11H17NO3/c1-14-10-5-2-4-9(8-12)11(10)15-7-3-6-13/h2,4-5,13H,3,6-8,12H2,1H3. The first-order valence-electron chi connectivity index (χ1n) is 4.93. The topological polar surface area (TPSA) is 64.7 Å². The summed E-state index contributed by atoms with van der Waals surface area (Å²) in [6.45, 7) is 0.989. The number of nitrogens with two attached hydrogens (primary N) is 1. The molecule has 0 radical (unpaired) electrons. The van der Waals surface area contributed by atoms with Crippen molar-refractivity contribution < 1.29 is 14.6 Å². The van der Waals surface area contributed by atoms with Crippen LogP contribution in [0.25, 0.3) is 0 Å². The largest absolute Gasteiger partial charge is 0.493 e. The molecule has 1 rings (SSSR count). The molecule has 3 N–H and O–H groups in total. The Morgan fingerprint density at radius 1 is 1.40 bits per heavy atom. The van der Waals surface area contributed by atoms with E-state index in [4.69, 9.17) is 20.3 Å². The lowest BCUT2D eigenvalue weighted by Crippen LogP contribution is -2.06. The van der Waals surface area contributed by atoms with Gasteiger partial charge in [0.05, 0.1) is 13.7 Å². The van der Waals surface area contributed by atoms with Crippen LogP contribution in [0.5, 0.6) is 11.5 Å². The van der Waals surface area contributed by atoms with E-state index in [1.165, 1.54) is 0 Å². The minimum Gasteiger partial charge on any atom is -0.493 e. The van der Waals surface area contributed by atoms with Gasteiger partial charge in [0, 0.05) is 25.1 Å². The Bertz CT molecular complexity index is 280. The first kappa shape index (κ1) is 11.8. The minimum absolute atomic E-state index is 0.118. The van der Waals surface area contributed by atoms with Crippen molar-refractivity contribution in [1.82, 2.24) is 0 Å². The van der Waals surface area contributed by atoms with E-state index in [1.807, 2.05) is 18.2 Å². The molecule has 4 nitrogen and oxygen atoms in total. The molecule has 1 aromatic carbocycles. The van der Waals surface area contributed by atoms with E-state index in [-0.39, 0.29) is 6.61 Å². The highest BCUT2D eigenvalue weighted by atomic mass is 16.5. The summed E-state index contributed by atoms with van der Waals surface area (Å²) in [5.41, 5.74) is 6.50. The van der Waals surface area contributed by atoms with E-state index < -0.39 is 0 Å². The van der Waals surface area contributed by atoms with Gasteiger partial charge in [-0.3, -0.25) is 0 Å². The molecule has 0 atom stereocenters. The van der Waals surface area contributed by atoms with Gasteiger partial charge < -0.3 is 20.3 Å². The number of hydrogen-bond donors (Lipinski definition) is 2. The van der Waals surface area contributed by atoms with Crippen LogP contribution < -0.4 is 15.2 Å². The van der Waals surface area contributed by atoms with E-state index in [0.29, 0.717) is 31.1 Å². The summed E-state index contributed by atoms with van der Waals surface area (Å²) in [5.74, 6) is 1.35. The molecule has 0 saturated carbocycles. The Balaban J connectivity index is 2.80. The molecular formula is C11H17NO3. The lowest BCUT2D eigenvalue weighted by molar-refractivity contribution is 0.227. The summed E-state index contributed by atoms with van der Waals surface area (Å²) < 4.78 is 10.7. The molecule has 0 amide bonds. The van der Waals surface area contributed by atoms with Crippen LogP contribution in [0.1, 0.15) is 12.0 Å². The Morgan fingerprint density at radius 3 is 2.80 bits per heavy atom. The maximum atomic E-state index is 8.66. The third-order valence-electron chi connectivity index (χ3n) is 2.05. The summed E-state index contributed by atoms with van der Waals surface area (Å²) in [5, 5.41) is 8.66. The van der Waals surface area contributed by atoms with Crippen LogP contribution in [-0.2, 0) is 6.54 Å². The normalized spacial score (nSPS) is 10.1. The molecule has 0 aliphatic carbocycles. The Hall–Kier alpha value is -1.26. The smallest absolute Gasteiger partial charge is 0.165 e. The summed E-state index contributed by atoms with van der Waals surface area (Å²) in [4.78, 5) is 0. The van der Waals surface area contributed by atoms with E-state index in [2.05, 4.69) is 0 Å². The van der Waals surface area contributed by atoms with Gasteiger partial charge in [-0.25, -0.2) is 0 Å². The third-order valence-corrected chi connectivity index (χ3v) is 2.05. The minimum atomic E-state index is 0.118. The zero-order valence-electron chi connectivity index (χ0n) is 8.90. The van der Waals surface area contributed by atoms with Gasteiger partial charge in [0.2, 0.25) is 0 Å². The van der Waals surface area contributed by atoms with Gasteiger partial charge in [-0.2, -0.15) is 0 Å². The van der Waals surface area contributed by atoms with E-state index >= 15 is 0 Å². The lowest BCUT2D eigenvalue weighted by atomic mass is 10.2. The fraction of sp³-hybridized carbons (Fsp3) is 0.455. The summed E-state index contributed by atoms with van der Waals surface area (Å²) in [6, 6.07) is 5.60. The van der Waals surface area contributed by atoms with Crippen molar-refractivity contribution in [2.75, 3.05) is 20.3 Å². The zero-order valence-corrected chi connectivity index (χ0v) is 8.90. The van der Waals surface area contributed by atoms with E-state index in [0.717, 1.165) is 5.56 Å². The van der Waals surface area contributed by atoms with Gasteiger partial charge >= 0.3 is 0 Å². The van der Waals surface area contributed by atoms with Crippen molar-refractivity contribution in [2.45, 2.75) is 13.0 Å². The molecule has 0 spiro atoms. The molecule has 0 fully saturated rings. The second-order valence-corrected chi connectivity index (χ2v) is 3.08. The molecule has 15 heavy (non-hydrogen) atoms. The Morgan fingerprint density at radius 2 is 2.20 bits per heavy atom. The number of hydrogen-bond acceptors (Lipinski definition) is 4. The molecule has 0 bridgehead atoms. The van der Waals surface area contributed by atoms with Crippen LogP contribution in [0.4, 0.5) is 0 Å². The highest BCUT2D eigenvalue weighted by Crippen LogP contribution is 2.30. The molecule has 0 aliphatic rings. The molecule has 1 aromatic rings. The van der Waals surface area contributed by atoms with Crippen LogP contribution >= 0.6 is 0 Å². The van der Waals surface area contributed by atoms with E-state index in [1.54, 1.807) is 7.11 Å². The maximum Gasteiger partial charge on any atom is 0.165 e. The quantitative estimate of drug-likeness (QED) is 0.687. The Labute approximate surface area is 89.6 Å². The molecule has 0 unspecified atom stereocenters. The van der Waals surface area contributed by atoms with Gasteiger partial charge in [0.25, 0.3) is 0 Å². The summed E-state index contributed by atoms with van der Waals surface area (Å²) in [7, 11) is 1.59. The van der Waals surface area contributed by atoms with Gasteiger partial charge in [0.15, 0.2) is 11.5 Å². The van der Waals surface area contributed by atoms with Crippen molar-refractivity contribution in [1.29, 1.82) is 0 Å². The van der Waals surface area contributed by atoms with Gasteiger partial charge in [-0.15, -0.1) is 0 Å². The number of para-hydroxylation sites is 1.